The number of nitriles is 1. The van der Waals surface area contributed by atoms with Gasteiger partial charge in [0, 0.05) is 10.9 Å². The van der Waals surface area contributed by atoms with E-state index in [9.17, 15) is 18.4 Å². The Labute approximate surface area is 169 Å². The van der Waals surface area contributed by atoms with Crippen molar-refractivity contribution >= 4 is 23.0 Å². The number of allylic oxidation sites excluding steroid dienone is 1. The Morgan fingerprint density at radius 3 is 2.38 bits per heavy atom. The van der Waals surface area contributed by atoms with Crippen LogP contribution < -0.4 is 10.7 Å². The van der Waals surface area contributed by atoms with E-state index in [-0.39, 0.29) is 16.5 Å². The van der Waals surface area contributed by atoms with Crippen LogP contribution in [0.25, 0.3) is 0 Å². The van der Waals surface area contributed by atoms with Crippen molar-refractivity contribution in [3.05, 3.63) is 76.6 Å². The van der Waals surface area contributed by atoms with Gasteiger partial charge in [-0.25, -0.2) is 5.01 Å². The first-order chi connectivity index (χ1) is 13.8. The van der Waals surface area contributed by atoms with Gasteiger partial charge in [0.15, 0.2) is 5.71 Å². The molecule has 3 atom stereocenters. The molecular formula is C20H14ClF3N4O. The van der Waals surface area contributed by atoms with Crippen molar-refractivity contribution in [1.29, 1.82) is 5.26 Å². The standard InChI is InChI=1S/C20H14ClF3N4O/c21-14-9-5-4-8-12(14)15-13(10-25)18(26)29-19-16(15)17(20(22,23)24)27-28(19)11-6-2-1-3-7-11/h1-9,15-16,19H,26H2/t15-,16+,19-/m1/s1. The van der Waals surface area contributed by atoms with Gasteiger partial charge in [-0.2, -0.15) is 23.5 Å². The predicted molar refractivity (Wildman–Crippen MR) is 102 cm³/mol. The van der Waals surface area contributed by atoms with Crippen LogP contribution in [0.4, 0.5) is 18.9 Å². The number of ether oxygens (including phenoxy) is 1. The molecule has 29 heavy (non-hydrogen) atoms. The molecule has 4 rings (SSSR count). The van der Waals surface area contributed by atoms with Crippen LogP contribution in [0.5, 0.6) is 0 Å². The van der Waals surface area contributed by atoms with Gasteiger partial charge < -0.3 is 10.5 Å². The number of nitrogens with zero attached hydrogens (tertiary/aromatic N) is 3. The lowest BCUT2D eigenvalue weighted by Gasteiger charge is -2.37. The Kier molecular flexibility index (Phi) is 4.63. The molecule has 2 aromatic rings. The number of alkyl halides is 3. The lowest BCUT2D eigenvalue weighted by atomic mass is 9.76. The molecule has 0 spiro atoms. The van der Waals surface area contributed by atoms with E-state index < -0.39 is 30.0 Å². The van der Waals surface area contributed by atoms with Crippen molar-refractivity contribution < 1.29 is 17.9 Å². The van der Waals surface area contributed by atoms with E-state index in [2.05, 4.69) is 5.10 Å². The molecule has 0 saturated heterocycles. The van der Waals surface area contributed by atoms with Crippen LogP contribution >= 0.6 is 11.6 Å². The molecule has 0 bridgehead atoms. The van der Waals surface area contributed by atoms with Gasteiger partial charge >= 0.3 is 6.18 Å². The Morgan fingerprint density at radius 1 is 1.10 bits per heavy atom. The highest BCUT2D eigenvalue weighted by Gasteiger charge is 2.58. The molecular weight excluding hydrogens is 405 g/mol. The highest BCUT2D eigenvalue weighted by molar-refractivity contribution is 6.31. The third-order valence-electron chi connectivity index (χ3n) is 4.93. The van der Waals surface area contributed by atoms with E-state index >= 15 is 0 Å². The second kappa shape index (κ2) is 7.01. The van der Waals surface area contributed by atoms with Crippen LogP contribution in [0.2, 0.25) is 5.02 Å². The number of hydrogen-bond acceptors (Lipinski definition) is 5. The minimum absolute atomic E-state index is 0.105. The summed E-state index contributed by atoms with van der Waals surface area (Å²) in [5.74, 6) is -2.61. The van der Waals surface area contributed by atoms with Gasteiger partial charge in [-0.3, -0.25) is 0 Å². The summed E-state index contributed by atoms with van der Waals surface area (Å²) >= 11 is 6.28. The molecule has 5 nitrogen and oxygen atoms in total. The molecule has 0 fully saturated rings. The zero-order valence-corrected chi connectivity index (χ0v) is 15.5. The first kappa shape index (κ1) is 19.2. The van der Waals surface area contributed by atoms with Gasteiger partial charge in [-0.1, -0.05) is 48.0 Å². The Hall–Kier alpha value is -3.18. The lowest BCUT2D eigenvalue weighted by Crippen LogP contribution is -2.46. The molecule has 0 amide bonds. The maximum absolute atomic E-state index is 14.0. The lowest BCUT2D eigenvalue weighted by molar-refractivity contribution is -0.0658. The number of para-hydroxylation sites is 1. The van der Waals surface area contributed by atoms with Crippen molar-refractivity contribution in [2.45, 2.75) is 18.3 Å². The zero-order chi connectivity index (χ0) is 20.8. The van der Waals surface area contributed by atoms with E-state index in [0.717, 1.165) is 5.01 Å². The van der Waals surface area contributed by atoms with E-state index in [0.29, 0.717) is 11.3 Å². The first-order valence-corrected chi connectivity index (χ1v) is 9.01. The van der Waals surface area contributed by atoms with Gasteiger partial charge in [-0.05, 0) is 23.8 Å². The van der Waals surface area contributed by atoms with Gasteiger partial charge in [0.1, 0.15) is 6.07 Å². The van der Waals surface area contributed by atoms with Crippen LogP contribution in [-0.4, -0.2) is 18.1 Å². The zero-order valence-electron chi connectivity index (χ0n) is 14.8. The summed E-state index contributed by atoms with van der Waals surface area (Å²) < 4.78 is 47.5. The second-order valence-corrected chi connectivity index (χ2v) is 6.99. The first-order valence-electron chi connectivity index (χ1n) is 8.63. The number of hydrogen-bond donors (Lipinski definition) is 1. The van der Waals surface area contributed by atoms with Crippen LogP contribution in [-0.2, 0) is 4.74 Å². The highest BCUT2D eigenvalue weighted by atomic mass is 35.5. The van der Waals surface area contributed by atoms with Crippen molar-refractivity contribution in [3.8, 4) is 6.07 Å². The summed E-state index contributed by atoms with van der Waals surface area (Å²) in [7, 11) is 0. The van der Waals surface area contributed by atoms with Gasteiger partial charge in [-0.15, -0.1) is 0 Å². The number of fused-ring (bicyclic) bond motifs is 1. The summed E-state index contributed by atoms with van der Waals surface area (Å²) in [4.78, 5) is 0. The monoisotopic (exact) mass is 418 g/mol. The highest BCUT2D eigenvalue weighted by Crippen LogP contribution is 2.49. The number of hydrazone groups is 1. The SMILES string of the molecule is N#CC1=C(N)O[C@@H]2[C@H](C(C(F)(F)F)=NN2c2ccccc2)[C@@H]1c1ccccc1Cl. The summed E-state index contributed by atoms with van der Waals surface area (Å²) in [5.41, 5.74) is 5.57. The Bertz CT molecular complexity index is 1050. The maximum atomic E-state index is 14.0. The number of anilines is 1. The van der Waals surface area contributed by atoms with Crippen LogP contribution in [0.3, 0.4) is 0 Å². The van der Waals surface area contributed by atoms with Crippen LogP contribution in [0.15, 0.2) is 71.2 Å². The Morgan fingerprint density at radius 2 is 1.76 bits per heavy atom. The van der Waals surface area contributed by atoms with Crippen molar-refractivity contribution in [1.82, 2.24) is 0 Å². The summed E-state index contributed by atoms with van der Waals surface area (Å²) in [5, 5.41) is 14.9. The number of nitrogens with two attached hydrogens (primary N) is 1. The quantitative estimate of drug-likeness (QED) is 0.777. The largest absolute Gasteiger partial charge is 0.452 e. The molecule has 2 aliphatic rings. The average molecular weight is 419 g/mol. The maximum Gasteiger partial charge on any atom is 0.431 e. The van der Waals surface area contributed by atoms with Crippen LogP contribution in [0, 0.1) is 17.2 Å². The summed E-state index contributed by atoms with van der Waals surface area (Å²) in [6, 6.07) is 16.7. The molecule has 2 N–H and O–H groups in total. The Balaban J connectivity index is 1.93. The molecule has 9 heteroatoms. The van der Waals surface area contributed by atoms with Crippen LogP contribution in [0.1, 0.15) is 11.5 Å². The smallest absolute Gasteiger partial charge is 0.431 e. The normalized spacial score (nSPS) is 23.9. The van der Waals surface area contributed by atoms with E-state index in [4.69, 9.17) is 22.1 Å². The molecule has 0 radical (unpaired) electrons. The van der Waals surface area contributed by atoms with E-state index in [1.165, 1.54) is 0 Å². The van der Waals surface area contributed by atoms with Crippen molar-refractivity contribution in [2.75, 3.05) is 5.01 Å². The van der Waals surface area contributed by atoms with Gasteiger partial charge in [0.25, 0.3) is 0 Å². The minimum atomic E-state index is -4.73. The van der Waals surface area contributed by atoms with Gasteiger partial charge in [0.2, 0.25) is 12.1 Å². The molecule has 2 aromatic carbocycles. The number of rotatable bonds is 2. The van der Waals surface area contributed by atoms with E-state index in [1.54, 1.807) is 54.6 Å². The molecule has 148 valence electrons. The molecule has 0 saturated carbocycles. The third kappa shape index (κ3) is 3.17. The number of benzene rings is 2. The third-order valence-corrected chi connectivity index (χ3v) is 5.28. The molecule has 0 unspecified atom stereocenters. The van der Waals surface area contributed by atoms with Crippen molar-refractivity contribution in [3.63, 3.8) is 0 Å². The number of halogens is 4. The fraction of sp³-hybridized carbons (Fsp3) is 0.200. The molecule has 2 aliphatic heterocycles. The molecule has 0 aromatic heterocycles. The van der Waals surface area contributed by atoms with Crippen molar-refractivity contribution in [2.24, 2.45) is 16.8 Å². The average Bonchev–Trinajstić information content (AvgIpc) is 3.07. The molecule has 0 aliphatic carbocycles. The van der Waals surface area contributed by atoms with Gasteiger partial charge in [0.05, 0.1) is 17.2 Å². The second-order valence-electron chi connectivity index (χ2n) is 6.59. The summed E-state index contributed by atoms with van der Waals surface area (Å²) in [6.07, 6.45) is -5.91. The fourth-order valence-electron chi connectivity index (χ4n) is 3.73. The van der Waals surface area contributed by atoms with E-state index in [1.807, 2.05) is 6.07 Å². The fourth-order valence-corrected chi connectivity index (χ4v) is 3.98. The minimum Gasteiger partial charge on any atom is -0.452 e. The predicted octanol–water partition coefficient (Wildman–Crippen LogP) is 4.53. The summed E-state index contributed by atoms with van der Waals surface area (Å²) in [6.45, 7) is 0. The topological polar surface area (TPSA) is 74.6 Å². The molecule has 2 heterocycles.